The molecule has 1 aliphatic rings. The second-order valence-electron chi connectivity index (χ2n) is 7.42. The van der Waals surface area contributed by atoms with Gasteiger partial charge in [0.25, 0.3) is 0 Å². The maximum Gasteiger partial charge on any atom is 0.416 e. The highest BCUT2D eigenvalue weighted by Gasteiger charge is 2.35. The number of aliphatic hydroxyl groups is 1. The van der Waals surface area contributed by atoms with Crippen molar-refractivity contribution in [3.63, 3.8) is 0 Å². The molecule has 0 saturated carbocycles. The highest BCUT2D eigenvalue weighted by molar-refractivity contribution is 7.89. The molecule has 4 rings (SSSR count). The minimum atomic E-state index is -4.43. The van der Waals surface area contributed by atoms with Crippen LogP contribution in [0.4, 0.5) is 13.2 Å². The van der Waals surface area contributed by atoms with Gasteiger partial charge >= 0.3 is 6.18 Å². The predicted octanol–water partition coefficient (Wildman–Crippen LogP) is 4.21. The third-order valence-electron chi connectivity index (χ3n) is 5.13. The van der Waals surface area contributed by atoms with Crippen LogP contribution in [0.2, 0.25) is 0 Å². The van der Waals surface area contributed by atoms with Crippen LogP contribution in [0.15, 0.2) is 53.6 Å². The molecule has 0 bridgehead atoms. The molecule has 164 valence electrons. The van der Waals surface area contributed by atoms with Gasteiger partial charge in [-0.2, -0.15) is 13.2 Å². The van der Waals surface area contributed by atoms with Gasteiger partial charge in [0, 0.05) is 37.8 Å². The van der Waals surface area contributed by atoms with Gasteiger partial charge in [0.2, 0.25) is 0 Å². The highest BCUT2D eigenvalue weighted by atomic mass is 32.2. The fourth-order valence-electron chi connectivity index (χ4n) is 3.47. The molecule has 1 aliphatic heterocycles. The number of aromatic nitrogens is 2. The molecule has 6 nitrogen and oxygen atoms in total. The van der Waals surface area contributed by atoms with Crippen molar-refractivity contribution in [2.75, 3.05) is 7.05 Å². The van der Waals surface area contributed by atoms with E-state index in [2.05, 4.69) is 9.71 Å². The Bertz CT molecular complexity index is 1100. The van der Waals surface area contributed by atoms with E-state index in [0.29, 0.717) is 40.7 Å². The Morgan fingerprint density at radius 3 is 2.55 bits per heavy atom. The Labute approximate surface area is 180 Å². The summed E-state index contributed by atoms with van der Waals surface area (Å²) >= 11 is -1.46. The van der Waals surface area contributed by atoms with Gasteiger partial charge in [-0.25, -0.2) is 4.98 Å². The first-order chi connectivity index (χ1) is 14.6. The molecule has 3 aromatic rings. The quantitative estimate of drug-likeness (QED) is 0.568. The molecule has 0 amide bonds. The number of alkyl halides is 3. The summed E-state index contributed by atoms with van der Waals surface area (Å²) in [5, 5.41) is 10.5. The zero-order chi connectivity index (χ0) is 22.4. The number of nitrogens with one attached hydrogen (secondary N) is 1. The molecule has 2 N–H and O–H groups in total. The van der Waals surface area contributed by atoms with Crippen molar-refractivity contribution < 1.29 is 27.6 Å². The zero-order valence-electron chi connectivity index (χ0n) is 16.7. The number of hydrogen-bond acceptors (Lipinski definition) is 5. The summed E-state index contributed by atoms with van der Waals surface area (Å²) in [6.45, 7) is 2.29. The molecule has 2 unspecified atom stereocenters. The van der Waals surface area contributed by atoms with Crippen molar-refractivity contribution in [2.24, 2.45) is 0 Å². The maximum atomic E-state index is 12.8. The summed E-state index contributed by atoms with van der Waals surface area (Å²) in [6.07, 6.45) is -2.11. The van der Waals surface area contributed by atoms with Gasteiger partial charge in [-0.15, -0.1) is 4.72 Å². The Morgan fingerprint density at radius 2 is 1.94 bits per heavy atom. The van der Waals surface area contributed by atoms with E-state index < -0.39 is 28.7 Å². The van der Waals surface area contributed by atoms with Gasteiger partial charge in [-0.1, -0.05) is 0 Å². The van der Waals surface area contributed by atoms with E-state index in [-0.39, 0.29) is 5.75 Å². The topological polar surface area (TPSA) is 82.4 Å². The third-order valence-corrected chi connectivity index (χ3v) is 6.19. The summed E-state index contributed by atoms with van der Waals surface area (Å²) in [4.78, 5) is 5.04. The van der Waals surface area contributed by atoms with Crippen LogP contribution in [-0.4, -0.2) is 26.3 Å². The molecule has 2 aromatic carbocycles. The van der Waals surface area contributed by atoms with E-state index in [1.54, 1.807) is 38.4 Å². The van der Waals surface area contributed by atoms with Crippen LogP contribution in [0.25, 0.3) is 11.3 Å². The standard InChI is InChI=1S/C21H20F3N3O3S/c1-20(28)9-10-27-12-17(26-19(20)27)16-11-15(31(29)25-2)7-8-18(16)30-14-5-3-13(4-6-14)21(22,23)24/h3-8,11-12,25,28H,9-10H2,1-2H3. The third kappa shape index (κ3) is 4.29. The van der Waals surface area contributed by atoms with Crippen molar-refractivity contribution in [1.29, 1.82) is 0 Å². The van der Waals surface area contributed by atoms with Gasteiger partial charge in [0.05, 0.1) is 22.6 Å². The first-order valence-electron chi connectivity index (χ1n) is 9.47. The summed E-state index contributed by atoms with van der Waals surface area (Å²) in [5.41, 5.74) is -0.809. The molecule has 1 aromatic heterocycles. The normalized spacial score (nSPS) is 19.3. The van der Waals surface area contributed by atoms with Gasteiger partial charge < -0.3 is 19.0 Å². The summed E-state index contributed by atoms with van der Waals surface area (Å²) < 4.78 is 61.1. The summed E-state index contributed by atoms with van der Waals surface area (Å²) in [6, 6.07) is 9.23. The number of rotatable bonds is 5. The smallest absolute Gasteiger partial charge is 0.416 e. The lowest BCUT2D eigenvalue weighted by molar-refractivity contribution is -0.137. The number of nitrogens with zero attached hydrogens (tertiary/aromatic N) is 2. The molecule has 0 aliphatic carbocycles. The average Bonchev–Trinajstić information content (AvgIpc) is 3.28. The summed E-state index contributed by atoms with van der Waals surface area (Å²) in [5.74, 6) is 1.08. The largest absolute Gasteiger partial charge is 0.593 e. The maximum absolute atomic E-state index is 12.8. The van der Waals surface area contributed by atoms with Crippen LogP contribution in [0.1, 0.15) is 24.7 Å². The number of fused-ring (bicyclic) bond motifs is 1. The number of aryl methyl sites for hydroxylation is 1. The van der Waals surface area contributed by atoms with E-state index in [9.17, 15) is 22.8 Å². The number of ether oxygens (including phenoxy) is 1. The fourth-order valence-corrected chi connectivity index (χ4v) is 4.12. The van der Waals surface area contributed by atoms with Crippen molar-refractivity contribution >= 4 is 11.4 Å². The van der Waals surface area contributed by atoms with E-state index in [0.717, 1.165) is 12.1 Å². The SMILES string of the molecule is CN[S+]([O-])c1ccc(Oc2ccc(C(F)(F)F)cc2)c(-c2cn3c(n2)C(C)(O)CC3)c1. The molecule has 0 spiro atoms. The second kappa shape index (κ2) is 7.86. The Morgan fingerprint density at radius 1 is 1.23 bits per heavy atom. The molecular weight excluding hydrogens is 431 g/mol. The Kier molecular flexibility index (Phi) is 5.50. The molecule has 10 heteroatoms. The van der Waals surface area contributed by atoms with E-state index >= 15 is 0 Å². The number of hydrogen-bond donors (Lipinski definition) is 2. The molecule has 31 heavy (non-hydrogen) atoms. The Hall–Kier alpha value is -2.53. The van der Waals surface area contributed by atoms with Crippen molar-refractivity contribution in [3.05, 3.63) is 60.0 Å². The van der Waals surface area contributed by atoms with Crippen molar-refractivity contribution in [1.82, 2.24) is 14.3 Å². The lowest BCUT2D eigenvalue weighted by atomic mass is 10.1. The zero-order valence-corrected chi connectivity index (χ0v) is 17.5. The Balaban J connectivity index is 1.73. The summed E-state index contributed by atoms with van der Waals surface area (Å²) in [7, 11) is 1.56. The van der Waals surface area contributed by atoms with Gasteiger partial charge in [-0.05, 0) is 43.3 Å². The fraction of sp³-hybridized carbons (Fsp3) is 0.286. The number of benzene rings is 2. The van der Waals surface area contributed by atoms with Crippen LogP contribution in [-0.2, 0) is 29.7 Å². The van der Waals surface area contributed by atoms with Crippen LogP contribution in [0.3, 0.4) is 0 Å². The minimum Gasteiger partial charge on any atom is -0.593 e. The lowest BCUT2D eigenvalue weighted by Gasteiger charge is -2.15. The van der Waals surface area contributed by atoms with Gasteiger partial charge in [-0.3, -0.25) is 0 Å². The first kappa shape index (κ1) is 21.7. The second-order valence-corrected chi connectivity index (χ2v) is 8.84. The molecular formula is C21H20F3N3O3S. The van der Waals surface area contributed by atoms with E-state index in [1.165, 1.54) is 12.1 Å². The van der Waals surface area contributed by atoms with E-state index in [4.69, 9.17) is 4.74 Å². The van der Waals surface area contributed by atoms with Crippen LogP contribution in [0, 0.1) is 0 Å². The van der Waals surface area contributed by atoms with Crippen molar-refractivity contribution in [2.45, 2.75) is 36.6 Å². The number of imidazole rings is 1. The molecule has 2 heterocycles. The highest BCUT2D eigenvalue weighted by Crippen LogP contribution is 2.39. The minimum absolute atomic E-state index is 0.218. The molecule has 0 saturated heterocycles. The molecule has 0 radical (unpaired) electrons. The van der Waals surface area contributed by atoms with Gasteiger partial charge in [0.1, 0.15) is 22.9 Å². The number of halogens is 3. The lowest BCUT2D eigenvalue weighted by Crippen LogP contribution is -2.18. The van der Waals surface area contributed by atoms with Crippen LogP contribution >= 0.6 is 0 Å². The van der Waals surface area contributed by atoms with Crippen molar-refractivity contribution in [3.8, 4) is 22.8 Å². The predicted molar refractivity (Wildman–Crippen MR) is 109 cm³/mol. The molecule has 2 atom stereocenters. The first-order valence-corrected chi connectivity index (χ1v) is 10.6. The average molecular weight is 451 g/mol. The molecule has 0 fully saturated rings. The monoisotopic (exact) mass is 451 g/mol. The van der Waals surface area contributed by atoms with E-state index in [1.807, 2.05) is 4.57 Å². The van der Waals surface area contributed by atoms with Crippen LogP contribution in [0.5, 0.6) is 11.5 Å². The van der Waals surface area contributed by atoms with Gasteiger partial charge in [0.15, 0.2) is 4.90 Å². The van der Waals surface area contributed by atoms with Crippen LogP contribution < -0.4 is 9.46 Å².